The molecule has 0 saturated carbocycles. The molecule has 0 radical (unpaired) electrons. The SMILES string of the molecule is Nc1ncc(S(N)(=O)=O)c(OC(F)F)n1. The van der Waals surface area contributed by atoms with Crippen molar-refractivity contribution in [2.45, 2.75) is 11.5 Å². The molecule has 0 fully saturated rings. The van der Waals surface area contributed by atoms with E-state index in [1.165, 1.54) is 0 Å². The molecule has 0 aromatic carbocycles. The standard InChI is InChI=1S/C5H6F2N4O3S/c6-4(7)14-3-2(15(9,12)13)1-10-5(8)11-3/h1,4H,(H2,8,10,11)(H2,9,12,13). The third-order valence-corrected chi connectivity index (χ3v) is 2.14. The highest BCUT2D eigenvalue weighted by molar-refractivity contribution is 7.89. The van der Waals surface area contributed by atoms with E-state index in [1.54, 1.807) is 0 Å². The minimum absolute atomic E-state index is 0.405. The number of anilines is 1. The number of nitrogens with zero attached hydrogens (tertiary/aromatic N) is 2. The monoisotopic (exact) mass is 240 g/mol. The molecule has 4 N–H and O–H groups in total. The Labute approximate surface area is 83.1 Å². The van der Waals surface area contributed by atoms with Crippen molar-refractivity contribution in [3.63, 3.8) is 0 Å². The fourth-order valence-corrected chi connectivity index (χ4v) is 1.27. The van der Waals surface area contributed by atoms with Gasteiger partial charge in [-0.25, -0.2) is 18.5 Å². The molecule has 15 heavy (non-hydrogen) atoms. The van der Waals surface area contributed by atoms with Gasteiger partial charge in [-0.2, -0.15) is 13.8 Å². The van der Waals surface area contributed by atoms with Gasteiger partial charge in [-0.05, 0) is 0 Å². The predicted octanol–water partition coefficient (Wildman–Crippen LogP) is -0.692. The molecule has 10 heteroatoms. The Morgan fingerprint density at radius 2 is 2.07 bits per heavy atom. The average Bonchev–Trinajstić information content (AvgIpc) is 1.99. The molecule has 0 amide bonds. The fourth-order valence-electron chi connectivity index (χ4n) is 0.732. The molecule has 0 unspecified atom stereocenters. The molecule has 0 bridgehead atoms. The lowest BCUT2D eigenvalue weighted by molar-refractivity contribution is -0.0548. The van der Waals surface area contributed by atoms with Gasteiger partial charge in [-0.1, -0.05) is 0 Å². The van der Waals surface area contributed by atoms with Crippen LogP contribution in [0.3, 0.4) is 0 Å². The average molecular weight is 240 g/mol. The number of rotatable bonds is 3. The Kier molecular flexibility index (Phi) is 3.00. The van der Waals surface area contributed by atoms with E-state index in [1.807, 2.05) is 0 Å². The maximum Gasteiger partial charge on any atom is 0.388 e. The highest BCUT2D eigenvalue weighted by Crippen LogP contribution is 2.21. The van der Waals surface area contributed by atoms with Crippen molar-refractivity contribution < 1.29 is 21.9 Å². The van der Waals surface area contributed by atoms with Crippen LogP contribution in [0.25, 0.3) is 0 Å². The van der Waals surface area contributed by atoms with Crippen LogP contribution in [-0.4, -0.2) is 25.0 Å². The van der Waals surface area contributed by atoms with Gasteiger partial charge in [-0.3, -0.25) is 0 Å². The molecule has 84 valence electrons. The number of hydrogen-bond donors (Lipinski definition) is 2. The second-order valence-corrected chi connectivity index (χ2v) is 3.85. The molecule has 0 saturated heterocycles. The van der Waals surface area contributed by atoms with Gasteiger partial charge in [0.15, 0.2) is 4.90 Å². The van der Waals surface area contributed by atoms with Crippen LogP contribution < -0.4 is 15.6 Å². The number of primary sulfonamides is 1. The number of sulfonamides is 1. The summed E-state index contributed by atoms with van der Waals surface area (Å²) in [6, 6.07) is 0. The van der Waals surface area contributed by atoms with Gasteiger partial charge in [-0.15, -0.1) is 0 Å². The van der Waals surface area contributed by atoms with E-state index in [4.69, 9.17) is 10.9 Å². The highest BCUT2D eigenvalue weighted by Gasteiger charge is 2.20. The lowest BCUT2D eigenvalue weighted by atomic mass is 10.6. The van der Waals surface area contributed by atoms with Crippen LogP contribution in [0, 0.1) is 0 Å². The number of ether oxygens (including phenoxy) is 1. The van der Waals surface area contributed by atoms with Gasteiger partial charge in [0, 0.05) is 0 Å². The lowest BCUT2D eigenvalue weighted by Crippen LogP contribution is -2.17. The molecule has 0 aliphatic carbocycles. The number of alkyl halides is 2. The number of nitrogens with two attached hydrogens (primary N) is 2. The topological polar surface area (TPSA) is 121 Å². The van der Waals surface area contributed by atoms with Gasteiger partial charge in [0.05, 0.1) is 6.20 Å². The van der Waals surface area contributed by atoms with Crippen LogP contribution >= 0.6 is 0 Å². The Morgan fingerprint density at radius 1 is 1.47 bits per heavy atom. The van der Waals surface area contributed by atoms with Crippen molar-refractivity contribution in [3.05, 3.63) is 6.20 Å². The quantitative estimate of drug-likeness (QED) is 0.721. The molecular formula is C5H6F2N4O3S. The summed E-state index contributed by atoms with van der Waals surface area (Å²) in [6.07, 6.45) is 0.690. The Balaban J connectivity index is 3.27. The van der Waals surface area contributed by atoms with Gasteiger partial charge < -0.3 is 10.5 Å². The summed E-state index contributed by atoms with van der Waals surface area (Å²) in [4.78, 5) is 5.73. The molecule has 0 aliphatic heterocycles. The molecule has 7 nitrogen and oxygen atoms in total. The van der Waals surface area contributed by atoms with Crippen LogP contribution in [-0.2, 0) is 10.0 Å². The summed E-state index contributed by atoms with van der Waals surface area (Å²) in [7, 11) is -4.23. The molecule has 1 rings (SSSR count). The fraction of sp³-hybridized carbons (Fsp3) is 0.200. The first-order valence-electron chi connectivity index (χ1n) is 3.41. The maximum absolute atomic E-state index is 11.9. The molecule has 1 heterocycles. The van der Waals surface area contributed by atoms with Gasteiger partial charge in [0.2, 0.25) is 21.9 Å². The van der Waals surface area contributed by atoms with Crippen molar-refractivity contribution in [3.8, 4) is 5.88 Å². The highest BCUT2D eigenvalue weighted by atomic mass is 32.2. The van der Waals surface area contributed by atoms with Crippen molar-refractivity contribution in [1.29, 1.82) is 0 Å². The molecule has 1 aromatic heterocycles. The summed E-state index contributed by atoms with van der Waals surface area (Å²) in [5, 5.41) is 4.71. The molecule has 0 aliphatic rings. The second-order valence-electron chi connectivity index (χ2n) is 2.32. The number of hydrogen-bond acceptors (Lipinski definition) is 6. The van der Waals surface area contributed by atoms with E-state index < -0.39 is 33.4 Å². The third-order valence-electron chi connectivity index (χ3n) is 1.25. The van der Waals surface area contributed by atoms with E-state index >= 15 is 0 Å². The Morgan fingerprint density at radius 3 is 2.53 bits per heavy atom. The smallest absolute Gasteiger partial charge is 0.388 e. The normalized spacial score (nSPS) is 11.7. The summed E-state index contributed by atoms with van der Waals surface area (Å²) in [5.74, 6) is -1.28. The summed E-state index contributed by atoms with van der Waals surface area (Å²) < 4.78 is 49.3. The predicted molar refractivity (Wildman–Crippen MR) is 44.4 cm³/mol. The van der Waals surface area contributed by atoms with Crippen LogP contribution in [0.4, 0.5) is 14.7 Å². The number of aromatic nitrogens is 2. The summed E-state index contributed by atoms with van der Waals surface area (Å²) in [5.41, 5.74) is 5.06. The van der Waals surface area contributed by atoms with Crippen molar-refractivity contribution >= 4 is 16.0 Å². The zero-order valence-corrected chi connectivity index (χ0v) is 7.91. The van der Waals surface area contributed by atoms with E-state index in [0.29, 0.717) is 6.20 Å². The molecular weight excluding hydrogens is 234 g/mol. The van der Waals surface area contributed by atoms with Crippen molar-refractivity contribution in [2.24, 2.45) is 5.14 Å². The maximum atomic E-state index is 11.9. The summed E-state index contributed by atoms with van der Waals surface area (Å²) in [6.45, 7) is -3.24. The van der Waals surface area contributed by atoms with E-state index in [0.717, 1.165) is 0 Å². The van der Waals surface area contributed by atoms with Crippen molar-refractivity contribution in [2.75, 3.05) is 5.73 Å². The Hall–Kier alpha value is -1.55. The minimum atomic E-state index is -4.23. The van der Waals surface area contributed by atoms with Crippen molar-refractivity contribution in [1.82, 2.24) is 9.97 Å². The number of nitrogen functional groups attached to an aromatic ring is 1. The van der Waals surface area contributed by atoms with Gasteiger partial charge in [0.1, 0.15) is 0 Å². The van der Waals surface area contributed by atoms with E-state index in [2.05, 4.69) is 14.7 Å². The largest absolute Gasteiger partial charge is 0.415 e. The van der Waals surface area contributed by atoms with Crippen LogP contribution in [0.15, 0.2) is 11.1 Å². The number of halogens is 2. The first-order valence-corrected chi connectivity index (χ1v) is 4.95. The molecule has 0 spiro atoms. The van der Waals surface area contributed by atoms with Crippen LogP contribution in [0.1, 0.15) is 0 Å². The van der Waals surface area contributed by atoms with Gasteiger partial charge in [0.25, 0.3) is 0 Å². The molecule has 1 aromatic rings. The first-order chi connectivity index (χ1) is 6.80. The zero-order chi connectivity index (χ0) is 11.6. The zero-order valence-electron chi connectivity index (χ0n) is 7.09. The van der Waals surface area contributed by atoms with Crippen LogP contribution in [0.5, 0.6) is 5.88 Å². The van der Waals surface area contributed by atoms with E-state index in [9.17, 15) is 17.2 Å². The summed E-state index contributed by atoms with van der Waals surface area (Å²) >= 11 is 0. The van der Waals surface area contributed by atoms with Gasteiger partial charge >= 0.3 is 6.61 Å². The first kappa shape index (κ1) is 11.5. The third kappa shape index (κ3) is 2.95. The minimum Gasteiger partial charge on any atom is -0.415 e. The van der Waals surface area contributed by atoms with Crippen LogP contribution in [0.2, 0.25) is 0 Å². The second kappa shape index (κ2) is 3.90. The van der Waals surface area contributed by atoms with E-state index in [-0.39, 0.29) is 0 Å². The Bertz CT molecular complexity index is 463. The lowest BCUT2D eigenvalue weighted by Gasteiger charge is -2.07. The molecule has 0 atom stereocenters.